The van der Waals surface area contributed by atoms with Gasteiger partial charge in [0.1, 0.15) is 11.4 Å². The van der Waals surface area contributed by atoms with E-state index in [1.165, 1.54) is 12.4 Å². The lowest BCUT2D eigenvalue weighted by atomic mass is 9.96. The van der Waals surface area contributed by atoms with E-state index in [1.807, 2.05) is 20.8 Å². The molecule has 3 atom stereocenters. The Morgan fingerprint density at radius 3 is 2.83 bits per heavy atom. The number of ether oxygens (including phenoxy) is 1. The molecule has 1 aromatic rings. The van der Waals surface area contributed by atoms with Gasteiger partial charge >= 0.3 is 6.09 Å². The molecule has 7 nitrogen and oxygen atoms in total. The molecule has 1 saturated heterocycles. The number of alkyl carbamates (subject to hydrolysis) is 1. The molecule has 2 unspecified atom stereocenters. The van der Waals surface area contributed by atoms with E-state index in [1.54, 1.807) is 0 Å². The second kappa shape index (κ2) is 5.63. The van der Waals surface area contributed by atoms with Crippen molar-refractivity contribution in [2.24, 2.45) is 11.3 Å². The SMILES string of the molecule is CC(C)(C)OC(=O)N[C@H]1CNCC12CC2Cc1ncc(O)cn1. The minimum Gasteiger partial charge on any atom is -0.505 e. The van der Waals surface area contributed by atoms with E-state index in [4.69, 9.17) is 4.74 Å². The van der Waals surface area contributed by atoms with Gasteiger partial charge in [-0.1, -0.05) is 0 Å². The Kier molecular flexibility index (Phi) is 3.91. The van der Waals surface area contributed by atoms with Crippen molar-refractivity contribution in [1.82, 2.24) is 20.6 Å². The van der Waals surface area contributed by atoms with Crippen LogP contribution in [0.4, 0.5) is 4.79 Å². The summed E-state index contributed by atoms with van der Waals surface area (Å²) in [6, 6.07) is 0.0689. The van der Waals surface area contributed by atoms with Crippen LogP contribution in [0.15, 0.2) is 12.4 Å². The quantitative estimate of drug-likeness (QED) is 0.775. The van der Waals surface area contributed by atoms with Crippen LogP contribution < -0.4 is 10.6 Å². The van der Waals surface area contributed by atoms with Crippen LogP contribution in [0.5, 0.6) is 5.75 Å². The van der Waals surface area contributed by atoms with Gasteiger partial charge in [0, 0.05) is 24.9 Å². The molecule has 1 aliphatic heterocycles. The molecule has 2 fully saturated rings. The molecule has 1 spiro atoms. The lowest BCUT2D eigenvalue weighted by Crippen LogP contribution is -2.44. The van der Waals surface area contributed by atoms with Crippen LogP contribution in [0.1, 0.15) is 33.0 Å². The molecule has 0 bridgehead atoms. The fourth-order valence-electron chi connectivity index (χ4n) is 3.41. The molecule has 1 saturated carbocycles. The third-order valence-electron chi connectivity index (χ3n) is 4.59. The first-order chi connectivity index (χ1) is 10.8. The molecule has 7 heteroatoms. The highest BCUT2D eigenvalue weighted by atomic mass is 16.6. The van der Waals surface area contributed by atoms with Crippen molar-refractivity contribution in [1.29, 1.82) is 0 Å². The lowest BCUT2D eigenvalue weighted by molar-refractivity contribution is 0.0491. The maximum absolute atomic E-state index is 12.0. The second-order valence-electron chi connectivity index (χ2n) is 7.53. The Morgan fingerprint density at radius 2 is 2.17 bits per heavy atom. The summed E-state index contributed by atoms with van der Waals surface area (Å²) in [7, 11) is 0. The van der Waals surface area contributed by atoms with Gasteiger partial charge in [-0.15, -0.1) is 0 Å². The zero-order valence-electron chi connectivity index (χ0n) is 13.8. The molecule has 1 amide bonds. The number of hydrogen-bond acceptors (Lipinski definition) is 6. The Hall–Kier alpha value is -1.89. The van der Waals surface area contributed by atoms with Crippen LogP contribution >= 0.6 is 0 Å². The molecule has 1 aromatic heterocycles. The van der Waals surface area contributed by atoms with E-state index >= 15 is 0 Å². The van der Waals surface area contributed by atoms with Gasteiger partial charge in [0.15, 0.2) is 5.75 Å². The molecule has 2 heterocycles. The van der Waals surface area contributed by atoms with Gasteiger partial charge < -0.3 is 20.5 Å². The van der Waals surface area contributed by atoms with Crippen LogP contribution in [0.25, 0.3) is 0 Å². The monoisotopic (exact) mass is 320 g/mol. The third kappa shape index (κ3) is 3.55. The molecule has 3 rings (SSSR count). The average molecular weight is 320 g/mol. The Balaban J connectivity index is 1.59. The summed E-state index contributed by atoms with van der Waals surface area (Å²) in [6.45, 7) is 7.22. The summed E-state index contributed by atoms with van der Waals surface area (Å²) in [5.74, 6) is 1.24. The number of carbonyl (C=O) groups is 1. The standard InChI is InChI=1S/C16H24N4O3/c1-15(2,3)23-14(22)20-12-8-17-9-16(12)5-10(16)4-13-18-6-11(21)7-19-13/h6-7,10,12,17,21H,4-5,8-9H2,1-3H3,(H,20,22)/t10?,12-,16?/m0/s1. The van der Waals surface area contributed by atoms with Gasteiger partial charge in [-0.3, -0.25) is 0 Å². The minimum absolute atomic E-state index is 0.0676. The first kappa shape index (κ1) is 16.0. The Morgan fingerprint density at radius 1 is 1.48 bits per heavy atom. The van der Waals surface area contributed by atoms with E-state index < -0.39 is 5.60 Å². The highest BCUT2D eigenvalue weighted by Crippen LogP contribution is 2.57. The summed E-state index contributed by atoms with van der Waals surface area (Å²) in [5.41, 5.74) is -0.426. The summed E-state index contributed by atoms with van der Waals surface area (Å²) >= 11 is 0. The molecule has 0 aromatic carbocycles. The van der Waals surface area contributed by atoms with Gasteiger partial charge in [0.25, 0.3) is 0 Å². The summed E-state index contributed by atoms with van der Waals surface area (Å²) in [4.78, 5) is 20.3. The van der Waals surface area contributed by atoms with Gasteiger partial charge in [0.05, 0.1) is 18.4 Å². The Labute approximate surface area is 135 Å². The first-order valence-electron chi connectivity index (χ1n) is 7.99. The summed E-state index contributed by atoms with van der Waals surface area (Å²) < 4.78 is 5.36. The van der Waals surface area contributed by atoms with Gasteiger partial charge in [-0.2, -0.15) is 0 Å². The van der Waals surface area contributed by atoms with Crippen molar-refractivity contribution < 1.29 is 14.6 Å². The van der Waals surface area contributed by atoms with Crippen molar-refractivity contribution >= 4 is 6.09 Å². The predicted octanol–water partition coefficient (Wildman–Crippen LogP) is 1.23. The smallest absolute Gasteiger partial charge is 0.407 e. The molecular formula is C16H24N4O3. The van der Waals surface area contributed by atoms with Gasteiger partial charge in [0.2, 0.25) is 0 Å². The minimum atomic E-state index is -0.494. The number of carbonyl (C=O) groups excluding carboxylic acids is 1. The van der Waals surface area contributed by atoms with E-state index in [9.17, 15) is 9.90 Å². The zero-order chi connectivity index (χ0) is 16.7. The number of rotatable bonds is 3. The van der Waals surface area contributed by atoms with Crippen LogP contribution in [-0.4, -0.2) is 45.9 Å². The topological polar surface area (TPSA) is 96.4 Å². The number of amides is 1. The van der Waals surface area contributed by atoms with Gasteiger partial charge in [-0.05, 0) is 33.1 Å². The normalized spacial score (nSPS) is 29.5. The third-order valence-corrected chi connectivity index (χ3v) is 4.59. The Bertz CT molecular complexity index is 584. The van der Waals surface area contributed by atoms with Crippen molar-refractivity contribution in [3.8, 4) is 5.75 Å². The van der Waals surface area contributed by atoms with E-state index in [2.05, 4.69) is 20.6 Å². The van der Waals surface area contributed by atoms with Crippen molar-refractivity contribution in [3.05, 3.63) is 18.2 Å². The van der Waals surface area contributed by atoms with Crippen LogP contribution in [-0.2, 0) is 11.2 Å². The molecule has 3 N–H and O–H groups in total. The molecule has 0 radical (unpaired) electrons. The molecular weight excluding hydrogens is 296 g/mol. The van der Waals surface area contributed by atoms with Crippen molar-refractivity contribution in [2.75, 3.05) is 13.1 Å². The molecule has 2 aliphatic rings. The van der Waals surface area contributed by atoms with Gasteiger partial charge in [-0.25, -0.2) is 14.8 Å². The van der Waals surface area contributed by atoms with Crippen LogP contribution in [0.2, 0.25) is 0 Å². The number of nitrogens with one attached hydrogen (secondary N) is 2. The number of aromatic hydroxyl groups is 1. The highest BCUT2D eigenvalue weighted by Gasteiger charge is 2.61. The fraction of sp³-hybridized carbons (Fsp3) is 0.688. The van der Waals surface area contributed by atoms with Crippen molar-refractivity contribution in [2.45, 2.75) is 45.3 Å². The number of hydrogen-bond donors (Lipinski definition) is 3. The van der Waals surface area contributed by atoms with E-state index in [-0.39, 0.29) is 23.3 Å². The molecule has 1 aliphatic carbocycles. The van der Waals surface area contributed by atoms with Crippen molar-refractivity contribution in [3.63, 3.8) is 0 Å². The first-order valence-corrected chi connectivity index (χ1v) is 7.99. The van der Waals surface area contributed by atoms with E-state index in [0.29, 0.717) is 5.92 Å². The maximum atomic E-state index is 12.0. The van der Waals surface area contributed by atoms with Crippen LogP contribution in [0, 0.1) is 11.3 Å². The number of aromatic nitrogens is 2. The molecule has 126 valence electrons. The van der Waals surface area contributed by atoms with Crippen LogP contribution in [0.3, 0.4) is 0 Å². The highest BCUT2D eigenvalue weighted by molar-refractivity contribution is 5.68. The predicted molar refractivity (Wildman–Crippen MR) is 84.0 cm³/mol. The van der Waals surface area contributed by atoms with E-state index in [0.717, 1.165) is 31.8 Å². The summed E-state index contributed by atoms with van der Waals surface area (Å²) in [6.07, 6.45) is 4.26. The zero-order valence-corrected chi connectivity index (χ0v) is 13.8. The molecule has 23 heavy (non-hydrogen) atoms. The number of nitrogens with zero attached hydrogens (tertiary/aromatic N) is 2. The lowest BCUT2D eigenvalue weighted by Gasteiger charge is -2.24. The largest absolute Gasteiger partial charge is 0.505 e. The second-order valence-corrected chi connectivity index (χ2v) is 7.53. The summed E-state index contributed by atoms with van der Waals surface area (Å²) in [5, 5.41) is 15.6. The average Bonchev–Trinajstić information content (AvgIpc) is 2.97. The fourth-order valence-corrected chi connectivity index (χ4v) is 3.41. The maximum Gasteiger partial charge on any atom is 0.407 e.